The average molecular weight is 451 g/mol. The molecule has 4 unspecified atom stereocenters. The molecule has 0 aromatic heterocycles. The molecule has 0 saturated heterocycles. The van der Waals surface area contributed by atoms with Crippen LogP contribution in [0, 0.1) is 6.92 Å². The second-order valence-corrected chi connectivity index (χ2v) is 9.38. The van der Waals surface area contributed by atoms with Gasteiger partial charge in [0.1, 0.15) is 11.5 Å². The van der Waals surface area contributed by atoms with Crippen molar-refractivity contribution in [3.05, 3.63) is 53.6 Å². The lowest BCUT2D eigenvalue weighted by atomic mass is 9.75. The van der Waals surface area contributed by atoms with Gasteiger partial charge >= 0.3 is 15.7 Å². The van der Waals surface area contributed by atoms with Gasteiger partial charge in [0.05, 0.1) is 5.69 Å². The molecule has 0 aliphatic carbocycles. The van der Waals surface area contributed by atoms with Crippen molar-refractivity contribution in [1.82, 2.24) is 0 Å². The van der Waals surface area contributed by atoms with E-state index in [-0.39, 0.29) is 5.75 Å². The van der Waals surface area contributed by atoms with Crippen molar-refractivity contribution < 1.29 is 37.0 Å². The highest BCUT2D eigenvalue weighted by Gasteiger charge is 2.71. The second kappa shape index (κ2) is 6.81. The maximum Gasteiger partial charge on any atom is 0.324 e. The van der Waals surface area contributed by atoms with E-state index >= 15 is 0 Å². The highest BCUT2D eigenvalue weighted by molar-refractivity contribution is 7.86. The lowest BCUT2D eigenvalue weighted by molar-refractivity contribution is -0.332. The summed E-state index contributed by atoms with van der Waals surface area (Å²) in [5.74, 6) is -1.13. The van der Waals surface area contributed by atoms with E-state index in [2.05, 4.69) is 0 Å². The molecule has 2 aliphatic rings. The highest BCUT2D eigenvalue weighted by atomic mass is 32.2. The minimum atomic E-state index is -4.80. The van der Waals surface area contributed by atoms with E-state index in [0.29, 0.717) is 17.0 Å². The predicted octanol–water partition coefficient (Wildman–Crippen LogP) is 2.37. The summed E-state index contributed by atoms with van der Waals surface area (Å²) in [6.07, 6.45) is 0. The maximum absolute atomic E-state index is 12.4. The number of aryl methyl sites for hydroxylation is 1. The van der Waals surface area contributed by atoms with Crippen LogP contribution in [0.4, 0.5) is 5.69 Å². The average Bonchev–Trinajstić information content (AvgIpc) is 3.08. The van der Waals surface area contributed by atoms with Crippen LogP contribution in [0.1, 0.15) is 25.0 Å². The van der Waals surface area contributed by atoms with E-state index in [0.717, 1.165) is 5.56 Å². The second-order valence-electron chi connectivity index (χ2n) is 7.95. The molecule has 2 aliphatic heterocycles. The molecule has 0 amide bonds. The van der Waals surface area contributed by atoms with E-state index in [1.807, 2.05) is 6.92 Å². The van der Waals surface area contributed by atoms with Gasteiger partial charge in [0, 0.05) is 26.7 Å². The number of hydrogen-bond donors (Lipinski definition) is 2. The van der Waals surface area contributed by atoms with Gasteiger partial charge in [-0.1, -0.05) is 24.3 Å². The molecule has 168 valence electrons. The number of ether oxygens (including phenoxy) is 4. The quantitative estimate of drug-likeness (QED) is 0.676. The number of fused-ring (bicyclic) bond motifs is 2. The first-order valence-corrected chi connectivity index (χ1v) is 11.1. The van der Waals surface area contributed by atoms with Crippen molar-refractivity contribution >= 4 is 15.8 Å². The number of benzene rings is 2. The number of nitrogens with zero attached hydrogens (tertiary/aromatic N) is 1. The molecule has 2 aromatic rings. The number of para-hydroxylation sites is 1. The van der Waals surface area contributed by atoms with Gasteiger partial charge in [-0.3, -0.25) is 9.45 Å². The van der Waals surface area contributed by atoms with Crippen LogP contribution in [0.2, 0.25) is 0 Å². The normalized spacial score (nSPS) is 32.1. The molecule has 0 fully saturated rings. The molecule has 4 atom stereocenters. The fourth-order valence-corrected chi connectivity index (χ4v) is 5.18. The first-order chi connectivity index (χ1) is 14.4. The van der Waals surface area contributed by atoms with Crippen LogP contribution >= 0.6 is 0 Å². The topological polar surface area (TPSA) is 115 Å². The molecule has 2 aromatic carbocycles. The molecule has 0 saturated carbocycles. The molecule has 2 heterocycles. The minimum Gasteiger partial charge on any atom is -0.459 e. The van der Waals surface area contributed by atoms with E-state index in [1.165, 1.54) is 33.0 Å². The summed E-state index contributed by atoms with van der Waals surface area (Å²) >= 11 is 0. The van der Waals surface area contributed by atoms with Crippen LogP contribution in [0.25, 0.3) is 0 Å². The maximum atomic E-state index is 12.4. The minimum absolute atomic E-state index is 0.212. The van der Waals surface area contributed by atoms with Crippen LogP contribution in [0.3, 0.4) is 0 Å². The first kappa shape index (κ1) is 21.8. The van der Waals surface area contributed by atoms with Crippen LogP contribution < -0.4 is 14.4 Å². The molecule has 9 nitrogen and oxygen atoms in total. The predicted molar refractivity (Wildman–Crippen MR) is 111 cm³/mol. The van der Waals surface area contributed by atoms with E-state index in [4.69, 9.17) is 18.9 Å². The van der Waals surface area contributed by atoms with Gasteiger partial charge in [0.15, 0.2) is 5.60 Å². The molecular formula is C21H25NO8S. The lowest BCUT2D eigenvalue weighted by Gasteiger charge is -2.58. The van der Waals surface area contributed by atoms with Crippen molar-refractivity contribution in [3.8, 4) is 11.5 Å². The van der Waals surface area contributed by atoms with Gasteiger partial charge < -0.3 is 24.1 Å². The summed E-state index contributed by atoms with van der Waals surface area (Å²) < 4.78 is 58.2. The lowest BCUT2D eigenvalue weighted by Crippen LogP contribution is -2.76. The number of anilines is 1. The number of methoxy groups -OCH3 is 2. The van der Waals surface area contributed by atoms with Crippen molar-refractivity contribution in [2.45, 2.75) is 43.4 Å². The molecule has 4 rings (SSSR count). The van der Waals surface area contributed by atoms with Crippen LogP contribution in [0.15, 0.2) is 42.5 Å². The Kier molecular flexibility index (Phi) is 4.80. The SMILES string of the molecule is COC1(C)Oc2ccccc2C(OC)(N2c3cc(C)ccc3OC2S(=O)(=O)O)C1(C)O. The summed E-state index contributed by atoms with van der Waals surface area (Å²) in [6, 6.07) is 11.8. The third kappa shape index (κ3) is 2.79. The monoisotopic (exact) mass is 451 g/mol. The van der Waals surface area contributed by atoms with Gasteiger partial charge in [-0.2, -0.15) is 8.42 Å². The van der Waals surface area contributed by atoms with E-state index in [1.54, 1.807) is 42.5 Å². The van der Waals surface area contributed by atoms with E-state index < -0.39 is 32.8 Å². The van der Waals surface area contributed by atoms with Crippen molar-refractivity contribution in [2.24, 2.45) is 0 Å². The molecule has 0 spiro atoms. The Labute approximate surface area is 180 Å². The third-order valence-corrected chi connectivity index (χ3v) is 7.01. The molecule has 0 radical (unpaired) electrons. The van der Waals surface area contributed by atoms with Gasteiger partial charge in [0.25, 0.3) is 0 Å². The highest BCUT2D eigenvalue weighted by Crippen LogP contribution is 2.58. The Morgan fingerprint density at radius 1 is 1.06 bits per heavy atom. The third-order valence-electron chi connectivity index (χ3n) is 6.19. The van der Waals surface area contributed by atoms with Gasteiger partial charge in [0.2, 0.25) is 11.5 Å². The number of hydrogen-bond acceptors (Lipinski definition) is 8. The first-order valence-electron chi connectivity index (χ1n) is 9.57. The Hall–Kier alpha value is -2.37. The zero-order valence-electron chi connectivity index (χ0n) is 17.8. The van der Waals surface area contributed by atoms with Gasteiger partial charge in [-0.25, -0.2) is 0 Å². The standard InChI is InChI=1S/C21H25NO8S/c1-13-10-11-17-15(12-13)22(18(29-17)31(24,25)26)21(28-5)14-8-6-7-9-16(14)30-20(3,27-4)19(21,2)23/h6-12,18,23H,1-5H3,(H,24,25,26). The van der Waals surface area contributed by atoms with Crippen LogP contribution in [0.5, 0.6) is 11.5 Å². The summed E-state index contributed by atoms with van der Waals surface area (Å²) in [5.41, 5.74) is -4.32. The van der Waals surface area contributed by atoms with Crippen molar-refractivity contribution in [3.63, 3.8) is 0 Å². The smallest absolute Gasteiger partial charge is 0.324 e. The van der Waals surface area contributed by atoms with Crippen molar-refractivity contribution in [1.29, 1.82) is 0 Å². The van der Waals surface area contributed by atoms with Gasteiger partial charge in [-0.15, -0.1) is 0 Å². The number of aliphatic hydroxyl groups is 1. The van der Waals surface area contributed by atoms with Crippen molar-refractivity contribution in [2.75, 3.05) is 19.1 Å². The summed E-state index contributed by atoms with van der Waals surface area (Å²) in [5, 5.41) is 11.9. The fraction of sp³-hybridized carbons (Fsp3) is 0.429. The van der Waals surface area contributed by atoms with Crippen LogP contribution in [-0.4, -0.2) is 49.2 Å². The zero-order chi connectivity index (χ0) is 22.8. The van der Waals surface area contributed by atoms with Gasteiger partial charge in [-0.05, 0) is 37.6 Å². The Morgan fingerprint density at radius 2 is 1.74 bits per heavy atom. The Balaban J connectivity index is 2.12. The molecule has 2 N–H and O–H groups in total. The Bertz CT molecular complexity index is 1130. The van der Waals surface area contributed by atoms with Crippen LogP contribution in [-0.2, 0) is 25.3 Å². The molecule has 31 heavy (non-hydrogen) atoms. The largest absolute Gasteiger partial charge is 0.459 e. The summed E-state index contributed by atoms with van der Waals surface area (Å²) in [4.78, 5) is 1.23. The summed E-state index contributed by atoms with van der Waals surface area (Å²) in [6.45, 7) is 4.77. The fourth-order valence-electron chi connectivity index (χ4n) is 4.43. The number of rotatable bonds is 4. The Morgan fingerprint density at radius 3 is 2.35 bits per heavy atom. The molecular weight excluding hydrogens is 426 g/mol. The summed E-state index contributed by atoms with van der Waals surface area (Å²) in [7, 11) is -2.10. The molecule has 10 heteroatoms. The van der Waals surface area contributed by atoms with E-state index in [9.17, 15) is 18.1 Å². The zero-order valence-corrected chi connectivity index (χ0v) is 18.6. The molecule has 0 bridgehead atoms.